The summed E-state index contributed by atoms with van der Waals surface area (Å²) in [6.07, 6.45) is 0.855. The maximum Gasteiger partial charge on any atom is 0.308 e. The quantitative estimate of drug-likeness (QED) is 0.851. The summed E-state index contributed by atoms with van der Waals surface area (Å²) in [5.74, 6) is -0.414. The Balaban J connectivity index is 1.58. The summed E-state index contributed by atoms with van der Waals surface area (Å²) in [6.45, 7) is 3.17. The lowest BCUT2D eigenvalue weighted by atomic mass is 10.1. The molecule has 0 aromatic carbocycles. The summed E-state index contributed by atoms with van der Waals surface area (Å²) in [4.78, 5) is 26.2. The van der Waals surface area contributed by atoms with Gasteiger partial charge in [-0.15, -0.1) is 21.5 Å². The molecule has 0 unspecified atom stereocenters. The molecule has 9 heteroatoms. The van der Waals surface area contributed by atoms with Gasteiger partial charge >= 0.3 is 5.97 Å². The second kappa shape index (κ2) is 6.51. The highest BCUT2D eigenvalue weighted by atomic mass is 32.1. The van der Waals surface area contributed by atoms with E-state index in [9.17, 15) is 9.59 Å². The van der Waals surface area contributed by atoms with E-state index in [0.717, 1.165) is 18.5 Å². The Labute approximate surface area is 134 Å². The molecule has 1 amide bonds. The van der Waals surface area contributed by atoms with Crippen LogP contribution in [0.2, 0.25) is 0 Å². The van der Waals surface area contributed by atoms with Crippen LogP contribution in [0.25, 0.3) is 0 Å². The number of hydrogen-bond donors (Lipinski definition) is 1. The van der Waals surface area contributed by atoms with E-state index in [2.05, 4.69) is 20.4 Å². The van der Waals surface area contributed by atoms with Gasteiger partial charge in [-0.25, -0.2) is 0 Å². The summed E-state index contributed by atoms with van der Waals surface area (Å²) in [6, 6.07) is 1.89. The highest BCUT2D eigenvalue weighted by molar-refractivity contribution is 7.14. The molecule has 0 saturated heterocycles. The molecule has 0 fully saturated rings. The average molecular weight is 338 g/mol. The maximum absolute atomic E-state index is 12.0. The summed E-state index contributed by atoms with van der Waals surface area (Å²) in [5, 5.41) is 11.3. The van der Waals surface area contributed by atoms with E-state index in [1.807, 2.05) is 6.07 Å². The summed E-state index contributed by atoms with van der Waals surface area (Å²) in [7, 11) is 0. The summed E-state index contributed by atoms with van der Waals surface area (Å²) >= 11 is 2.79. The summed E-state index contributed by atoms with van der Waals surface area (Å²) < 4.78 is 5.12. The standard InChI is InChI=1S/C13H14N4O3S2/c1-8(18)20-12-4-9-5-17(3-2-10(9)22-12)6-11(19)15-13-16-14-7-21-13/h4,7H,2-3,5-6H2,1H3,(H,15,16,19). The first-order valence-corrected chi connectivity index (χ1v) is 8.38. The minimum absolute atomic E-state index is 0.101. The first kappa shape index (κ1) is 15.1. The second-order valence-electron chi connectivity index (χ2n) is 4.86. The van der Waals surface area contributed by atoms with Gasteiger partial charge in [-0.3, -0.25) is 19.8 Å². The molecule has 0 atom stereocenters. The molecule has 0 saturated carbocycles. The van der Waals surface area contributed by atoms with E-state index in [0.29, 0.717) is 23.3 Å². The lowest BCUT2D eigenvalue weighted by molar-refractivity contribution is -0.131. The molecule has 1 aliphatic rings. The molecule has 7 nitrogen and oxygen atoms in total. The molecule has 22 heavy (non-hydrogen) atoms. The molecule has 2 aromatic heterocycles. The predicted octanol–water partition coefficient (Wildman–Crippen LogP) is 1.52. The number of anilines is 1. The van der Waals surface area contributed by atoms with E-state index >= 15 is 0 Å². The molecule has 1 N–H and O–H groups in total. The van der Waals surface area contributed by atoms with Crippen molar-refractivity contribution in [3.05, 3.63) is 22.0 Å². The van der Waals surface area contributed by atoms with Gasteiger partial charge in [0.05, 0.1) is 6.54 Å². The number of carbonyl (C=O) groups is 2. The van der Waals surface area contributed by atoms with Crippen LogP contribution in [0.4, 0.5) is 5.13 Å². The topological polar surface area (TPSA) is 84.4 Å². The number of fused-ring (bicyclic) bond motifs is 1. The van der Waals surface area contributed by atoms with Gasteiger partial charge < -0.3 is 4.74 Å². The zero-order chi connectivity index (χ0) is 15.5. The van der Waals surface area contributed by atoms with E-state index in [-0.39, 0.29) is 11.9 Å². The van der Waals surface area contributed by atoms with Crippen molar-refractivity contribution < 1.29 is 14.3 Å². The fraction of sp³-hybridized carbons (Fsp3) is 0.385. The van der Waals surface area contributed by atoms with Gasteiger partial charge in [0.2, 0.25) is 11.0 Å². The van der Waals surface area contributed by atoms with Gasteiger partial charge in [0.25, 0.3) is 0 Å². The summed E-state index contributed by atoms with van der Waals surface area (Å²) in [5.41, 5.74) is 2.70. The number of thiophene rings is 1. The molecule has 2 aromatic rings. The van der Waals surface area contributed by atoms with Crippen molar-refractivity contribution in [2.45, 2.75) is 19.9 Å². The third-order valence-electron chi connectivity index (χ3n) is 3.14. The number of hydrogen-bond acceptors (Lipinski definition) is 8. The largest absolute Gasteiger partial charge is 0.416 e. The molecule has 0 bridgehead atoms. The second-order valence-corrected chi connectivity index (χ2v) is 6.79. The van der Waals surface area contributed by atoms with Crippen molar-refractivity contribution >= 4 is 39.7 Å². The Hall–Kier alpha value is -1.84. The molecule has 3 rings (SSSR count). The van der Waals surface area contributed by atoms with E-state index < -0.39 is 0 Å². The minimum Gasteiger partial charge on any atom is -0.416 e. The van der Waals surface area contributed by atoms with Crippen molar-refractivity contribution in [1.29, 1.82) is 0 Å². The monoisotopic (exact) mass is 338 g/mol. The average Bonchev–Trinajstić information content (AvgIpc) is 3.06. The van der Waals surface area contributed by atoms with Crippen LogP contribution in [0, 0.1) is 0 Å². The van der Waals surface area contributed by atoms with Gasteiger partial charge in [0.15, 0.2) is 5.06 Å². The normalized spacial score (nSPS) is 14.4. The van der Waals surface area contributed by atoms with Crippen LogP contribution in [0.1, 0.15) is 17.4 Å². The minimum atomic E-state index is -0.313. The van der Waals surface area contributed by atoms with Crippen molar-refractivity contribution in [3.8, 4) is 5.06 Å². The van der Waals surface area contributed by atoms with Gasteiger partial charge in [0, 0.05) is 24.9 Å². The zero-order valence-electron chi connectivity index (χ0n) is 11.9. The SMILES string of the molecule is CC(=O)Oc1cc2c(s1)CCN(CC(=O)Nc1nncs1)C2. The number of ether oxygens (including phenoxy) is 1. The number of rotatable bonds is 4. The Bertz CT molecular complexity index is 684. The third-order valence-corrected chi connectivity index (χ3v) is 4.86. The molecule has 0 radical (unpaired) electrons. The Kier molecular flexibility index (Phi) is 4.46. The van der Waals surface area contributed by atoms with Gasteiger partial charge in [-0.2, -0.15) is 0 Å². The van der Waals surface area contributed by atoms with E-state index in [1.165, 1.54) is 34.5 Å². The fourth-order valence-corrected chi connectivity index (χ4v) is 3.79. The zero-order valence-corrected chi connectivity index (χ0v) is 13.5. The molecular formula is C13H14N4O3S2. The molecule has 0 spiro atoms. The number of amides is 1. The van der Waals surface area contributed by atoms with E-state index in [1.54, 1.807) is 5.51 Å². The Morgan fingerprint density at radius 3 is 3.09 bits per heavy atom. The number of carbonyl (C=O) groups excluding carboxylic acids is 2. The molecule has 3 heterocycles. The van der Waals surface area contributed by atoms with Crippen LogP contribution in [0.3, 0.4) is 0 Å². The number of aromatic nitrogens is 2. The van der Waals surface area contributed by atoms with Crippen molar-refractivity contribution in [3.63, 3.8) is 0 Å². The fourth-order valence-electron chi connectivity index (χ4n) is 2.28. The molecular weight excluding hydrogens is 324 g/mol. The molecule has 116 valence electrons. The van der Waals surface area contributed by atoms with Gasteiger partial charge in [-0.05, 0) is 18.1 Å². The number of nitrogens with zero attached hydrogens (tertiary/aromatic N) is 3. The Morgan fingerprint density at radius 2 is 2.36 bits per heavy atom. The van der Waals surface area contributed by atoms with Crippen LogP contribution >= 0.6 is 22.7 Å². The van der Waals surface area contributed by atoms with Crippen molar-refractivity contribution in [2.24, 2.45) is 0 Å². The van der Waals surface area contributed by atoms with Crippen LogP contribution in [0.15, 0.2) is 11.6 Å². The molecule has 0 aliphatic carbocycles. The van der Waals surface area contributed by atoms with Gasteiger partial charge in [-0.1, -0.05) is 11.3 Å². The van der Waals surface area contributed by atoms with Crippen molar-refractivity contribution in [2.75, 3.05) is 18.4 Å². The highest BCUT2D eigenvalue weighted by Gasteiger charge is 2.22. The van der Waals surface area contributed by atoms with E-state index in [4.69, 9.17) is 4.74 Å². The number of esters is 1. The highest BCUT2D eigenvalue weighted by Crippen LogP contribution is 2.33. The first-order valence-electron chi connectivity index (χ1n) is 6.68. The number of nitrogens with one attached hydrogen (secondary N) is 1. The smallest absolute Gasteiger partial charge is 0.308 e. The third kappa shape index (κ3) is 3.67. The lowest BCUT2D eigenvalue weighted by Gasteiger charge is -2.25. The van der Waals surface area contributed by atoms with Crippen LogP contribution in [-0.2, 0) is 22.6 Å². The Morgan fingerprint density at radius 1 is 1.50 bits per heavy atom. The lowest BCUT2D eigenvalue weighted by Crippen LogP contribution is -2.36. The first-order chi connectivity index (χ1) is 10.6. The predicted molar refractivity (Wildman–Crippen MR) is 83.1 cm³/mol. The van der Waals surface area contributed by atoms with Crippen LogP contribution in [-0.4, -0.2) is 40.1 Å². The maximum atomic E-state index is 12.0. The van der Waals surface area contributed by atoms with Crippen LogP contribution < -0.4 is 10.1 Å². The van der Waals surface area contributed by atoms with Crippen molar-refractivity contribution in [1.82, 2.24) is 15.1 Å². The van der Waals surface area contributed by atoms with Gasteiger partial charge in [0.1, 0.15) is 5.51 Å². The molecule has 1 aliphatic heterocycles. The van der Waals surface area contributed by atoms with Crippen LogP contribution in [0.5, 0.6) is 5.06 Å².